The highest BCUT2D eigenvalue weighted by atomic mass is 16.5. The number of ether oxygens (including phenoxy) is 1. The molecule has 0 atom stereocenters. The topological polar surface area (TPSA) is 106 Å². The van der Waals surface area contributed by atoms with Crippen molar-refractivity contribution in [3.05, 3.63) is 108 Å². The smallest absolute Gasteiger partial charge is 0.272 e. The Morgan fingerprint density at radius 1 is 0.833 bits per heavy atom. The van der Waals surface area contributed by atoms with Gasteiger partial charge < -0.3 is 15.4 Å². The van der Waals surface area contributed by atoms with Crippen LogP contribution in [0.25, 0.3) is 11.3 Å². The molecule has 36 heavy (non-hydrogen) atoms. The predicted molar refractivity (Wildman–Crippen MR) is 136 cm³/mol. The van der Waals surface area contributed by atoms with E-state index in [1.54, 1.807) is 19.5 Å². The molecule has 0 radical (unpaired) electrons. The first-order valence-corrected chi connectivity index (χ1v) is 11.6. The Bertz CT molecular complexity index is 1310. The number of nitrogens with zero attached hydrogens (tertiary/aromatic N) is 3. The molecule has 0 saturated heterocycles. The zero-order chi connectivity index (χ0) is 25.2. The zero-order valence-electron chi connectivity index (χ0n) is 20.0. The van der Waals surface area contributed by atoms with E-state index in [1.165, 1.54) is 6.20 Å². The summed E-state index contributed by atoms with van der Waals surface area (Å²) >= 11 is 0. The second-order valence-corrected chi connectivity index (χ2v) is 8.04. The minimum atomic E-state index is -0.313. The monoisotopic (exact) mass is 481 g/mol. The lowest BCUT2D eigenvalue weighted by molar-refractivity contribution is -0.120. The van der Waals surface area contributed by atoms with Crippen LogP contribution in [0.2, 0.25) is 0 Å². The number of pyridine rings is 1. The lowest BCUT2D eigenvalue weighted by Crippen LogP contribution is -2.28. The van der Waals surface area contributed by atoms with Crippen molar-refractivity contribution in [3.63, 3.8) is 0 Å². The molecule has 8 heteroatoms. The summed E-state index contributed by atoms with van der Waals surface area (Å²) in [5, 5.41) is 5.86. The van der Waals surface area contributed by atoms with Crippen molar-refractivity contribution in [3.8, 4) is 17.0 Å². The average Bonchev–Trinajstić information content (AvgIpc) is 2.93. The van der Waals surface area contributed by atoms with Gasteiger partial charge in [0.1, 0.15) is 11.4 Å². The first kappa shape index (κ1) is 24.5. The van der Waals surface area contributed by atoms with Crippen LogP contribution >= 0.6 is 0 Å². The van der Waals surface area contributed by atoms with Crippen molar-refractivity contribution in [2.24, 2.45) is 0 Å². The summed E-state index contributed by atoms with van der Waals surface area (Å²) in [6, 6.07) is 20.6. The van der Waals surface area contributed by atoms with Crippen LogP contribution in [0.15, 0.2) is 85.3 Å². The summed E-state index contributed by atoms with van der Waals surface area (Å²) in [5.74, 6) is 0.322. The normalized spacial score (nSPS) is 10.5. The molecular weight excluding hydrogens is 454 g/mol. The van der Waals surface area contributed by atoms with Crippen LogP contribution in [0.3, 0.4) is 0 Å². The number of amides is 2. The lowest BCUT2D eigenvalue weighted by Gasteiger charge is -2.13. The Kier molecular flexibility index (Phi) is 8.32. The van der Waals surface area contributed by atoms with Gasteiger partial charge in [0.05, 0.1) is 13.5 Å². The van der Waals surface area contributed by atoms with Gasteiger partial charge >= 0.3 is 0 Å². The first-order valence-electron chi connectivity index (χ1n) is 11.6. The fourth-order valence-electron chi connectivity index (χ4n) is 3.73. The van der Waals surface area contributed by atoms with Crippen LogP contribution in [0.1, 0.15) is 27.3 Å². The molecule has 182 valence electrons. The van der Waals surface area contributed by atoms with Gasteiger partial charge in [0.25, 0.3) is 5.91 Å². The van der Waals surface area contributed by atoms with Crippen molar-refractivity contribution in [2.45, 2.75) is 19.4 Å². The highest BCUT2D eigenvalue weighted by Crippen LogP contribution is 2.24. The van der Waals surface area contributed by atoms with Gasteiger partial charge in [0.2, 0.25) is 5.91 Å². The SMILES string of the molecule is COc1ccc(CC(=O)NCc2ccccc2-c2nccnc2C(=O)NCCc2ccccn2)cc1. The van der Waals surface area contributed by atoms with E-state index < -0.39 is 0 Å². The second kappa shape index (κ2) is 12.2. The van der Waals surface area contributed by atoms with E-state index in [9.17, 15) is 9.59 Å². The number of carbonyl (C=O) groups is 2. The van der Waals surface area contributed by atoms with Crippen molar-refractivity contribution in [1.82, 2.24) is 25.6 Å². The third-order valence-electron chi connectivity index (χ3n) is 5.58. The Labute approximate surface area is 209 Å². The number of carbonyl (C=O) groups excluding carboxylic acids is 2. The predicted octanol–water partition coefficient (Wildman–Crippen LogP) is 3.38. The van der Waals surface area contributed by atoms with Gasteiger partial charge in [-0.25, -0.2) is 4.98 Å². The molecule has 2 heterocycles. The van der Waals surface area contributed by atoms with Gasteiger partial charge in [-0.3, -0.25) is 19.6 Å². The molecule has 4 aromatic rings. The number of rotatable bonds is 10. The van der Waals surface area contributed by atoms with Gasteiger partial charge in [-0.1, -0.05) is 42.5 Å². The van der Waals surface area contributed by atoms with E-state index in [4.69, 9.17) is 4.74 Å². The molecule has 2 amide bonds. The molecule has 0 aliphatic rings. The molecule has 0 unspecified atom stereocenters. The molecule has 2 aromatic carbocycles. The Hall–Kier alpha value is -4.59. The van der Waals surface area contributed by atoms with E-state index >= 15 is 0 Å². The Morgan fingerprint density at radius 2 is 1.61 bits per heavy atom. The van der Waals surface area contributed by atoms with Crippen LogP contribution in [0.5, 0.6) is 5.75 Å². The summed E-state index contributed by atoms with van der Waals surface area (Å²) in [6.07, 6.45) is 5.64. The van der Waals surface area contributed by atoms with Crippen LogP contribution in [-0.4, -0.2) is 40.4 Å². The molecule has 0 bridgehead atoms. The van der Waals surface area contributed by atoms with E-state index in [2.05, 4.69) is 25.6 Å². The first-order chi connectivity index (χ1) is 17.6. The molecule has 8 nitrogen and oxygen atoms in total. The lowest BCUT2D eigenvalue weighted by atomic mass is 10.0. The third-order valence-corrected chi connectivity index (χ3v) is 5.58. The summed E-state index contributed by atoms with van der Waals surface area (Å²) in [7, 11) is 1.60. The Balaban J connectivity index is 1.43. The molecule has 2 aromatic heterocycles. The molecule has 0 fully saturated rings. The number of hydrogen-bond acceptors (Lipinski definition) is 6. The molecule has 0 saturated carbocycles. The van der Waals surface area contributed by atoms with Crippen molar-refractivity contribution < 1.29 is 14.3 Å². The zero-order valence-corrected chi connectivity index (χ0v) is 20.0. The molecule has 2 N–H and O–H groups in total. The van der Waals surface area contributed by atoms with Gasteiger partial charge in [-0.15, -0.1) is 0 Å². The van der Waals surface area contributed by atoms with Gasteiger partial charge in [-0.2, -0.15) is 0 Å². The van der Waals surface area contributed by atoms with Gasteiger partial charge in [0, 0.05) is 49.4 Å². The van der Waals surface area contributed by atoms with E-state index in [0.717, 1.165) is 28.1 Å². The number of aromatic nitrogens is 3. The van der Waals surface area contributed by atoms with Gasteiger partial charge in [0.15, 0.2) is 5.69 Å². The van der Waals surface area contributed by atoms with E-state index in [-0.39, 0.29) is 23.9 Å². The molecule has 4 rings (SSSR count). The maximum Gasteiger partial charge on any atom is 0.272 e. The van der Waals surface area contributed by atoms with Crippen LogP contribution in [-0.2, 0) is 24.2 Å². The maximum absolute atomic E-state index is 12.9. The molecule has 0 spiro atoms. The van der Waals surface area contributed by atoms with Crippen molar-refractivity contribution >= 4 is 11.8 Å². The fraction of sp³-hybridized carbons (Fsp3) is 0.179. The highest BCUT2D eigenvalue weighted by Gasteiger charge is 2.18. The fourth-order valence-corrected chi connectivity index (χ4v) is 3.73. The minimum absolute atomic E-state index is 0.110. The van der Waals surface area contributed by atoms with Crippen molar-refractivity contribution in [2.75, 3.05) is 13.7 Å². The summed E-state index contributed by atoms with van der Waals surface area (Å²) < 4.78 is 5.16. The number of nitrogens with one attached hydrogen (secondary N) is 2. The van der Waals surface area contributed by atoms with Crippen molar-refractivity contribution in [1.29, 1.82) is 0 Å². The Morgan fingerprint density at radius 3 is 2.39 bits per heavy atom. The minimum Gasteiger partial charge on any atom is -0.497 e. The molecule has 0 aliphatic carbocycles. The standard InChI is InChI=1S/C28H27N5O3/c1-36-23-11-9-20(10-12-23)18-25(34)33-19-21-6-2-3-8-24(21)26-27(31-17-16-30-26)28(35)32-15-13-22-7-4-5-14-29-22/h2-12,14,16-17H,13,15,18-19H2,1H3,(H,32,35)(H,33,34). The quantitative estimate of drug-likeness (QED) is 0.360. The maximum atomic E-state index is 12.9. The molecular formula is C28H27N5O3. The summed E-state index contributed by atoms with van der Waals surface area (Å²) in [6.45, 7) is 0.720. The molecule has 0 aliphatic heterocycles. The largest absolute Gasteiger partial charge is 0.497 e. The third kappa shape index (κ3) is 6.50. The van der Waals surface area contributed by atoms with Gasteiger partial charge in [-0.05, 0) is 35.4 Å². The second-order valence-electron chi connectivity index (χ2n) is 8.04. The summed E-state index contributed by atoms with van der Waals surface area (Å²) in [5.41, 5.74) is 4.06. The van der Waals surface area contributed by atoms with Crippen LogP contribution in [0.4, 0.5) is 0 Å². The average molecular weight is 482 g/mol. The van der Waals surface area contributed by atoms with E-state index in [1.807, 2.05) is 66.7 Å². The number of benzene rings is 2. The van der Waals surface area contributed by atoms with Crippen LogP contribution < -0.4 is 15.4 Å². The van der Waals surface area contributed by atoms with Crippen LogP contribution in [0, 0.1) is 0 Å². The highest BCUT2D eigenvalue weighted by molar-refractivity contribution is 5.98. The van der Waals surface area contributed by atoms with E-state index in [0.29, 0.717) is 25.2 Å². The number of methoxy groups -OCH3 is 1. The number of hydrogen-bond donors (Lipinski definition) is 2. The summed E-state index contributed by atoms with van der Waals surface area (Å²) in [4.78, 5) is 38.5.